The zero-order valence-electron chi connectivity index (χ0n) is 20.4. The summed E-state index contributed by atoms with van der Waals surface area (Å²) in [6, 6.07) is 12.9. The van der Waals surface area contributed by atoms with Crippen LogP contribution in [0.1, 0.15) is 53.7 Å². The fourth-order valence-corrected chi connectivity index (χ4v) is 6.70. The number of rotatable bonds is 5. The van der Waals surface area contributed by atoms with Crippen molar-refractivity contribution in [2.45, 2.75) is 44.9 Å². The SMILES string of the molecule is CC(C)(C)C1CCc2nc3sc(C(=O)c4ccc(S(=O)(=O)Nc5ccccn5)cc4)c(N)c3cc2C1. The van der Waals surface area contributed by atoms with Gasteiger partial charge in [0.15, 0.2) is 0 Å². The highest BCUT2D eigenvalue weighted by Crippen LogP contribution is 2.41. The molecule has 0 spiro atoms. The summed E-state index contributed by atoms with van der Waals surface area (Å²) in [6.07, 6.45) is 4.49. The second kappa shape index (κ2) is 8.97. The molecular formula is C27H28N4O3S2. The van der Waals surface area contributed by atoms with Crippen molar-refractivity contribution in [2.24, 2.45) is 11.3 Å². The van der Waals surface area contributed by atoms with Gasteiger partial charge in [-0.2, -0.15) is 0 Å². The molecule has 0 radical (unpaired) electrons. The van der Waals surface area contributed by atoms with E-state index in [1.807, 2.05) is 0 Å². The number of pyridine rings is 2. The molecule has 0 saturated carbocycles. The predicted octanol–water partition coefficient (Wildman–Crippen LogP) is 5.46. The van der Waals surface area contributed by atoms with Crippen molar-refractivity contribution in [1.29, 1.82) is 0 Å². The van der Waals surface area contributed by atoms with Crippen molar-refractivity contribution in [3.8, 4) is 0 Å². The van der Waals surface area contributed by atoms with E-state index in [1.165, 1.54) is 47.4 Å². The molecule has 9 heteroatoms. The molecule has 0 aliphatic heterocycles. The van der Waals surface area contributed by atoms with Crippen molar-refractivity contribution in [3.05, 3.63) is 76.4 Å². The molecule has 1 aliphatic carbocycles. The van der Waals surface area contributed by atoms with Crippen LogP contribution < -0.4 is 10.5 Å². The Balaban J connectivity index is 1.41. The number of carbonyl (C=O) groups excluding carboxylic acids is 1. The Morgan fingerprint density at radius 2 is 1.89 bits per heavy atom. The molecule has 0 bridgehead atoms. The van der Waals surface area contributed by atoms with E-state index in [2.05, 4.69) is 36.5 Å². The largest absolute Gasteiger partial charge is 0.397 e. The number of hydrogen-bond acceptors (Lipinski definition) is 7. The van der Waals surface area contributed by atoms with Crippen LogP contribution in [0.2, 0.25) is 0 Å². The van der Waals surface area contributed by atoms with Gasteiger partial charge in [-0.25, -0.2) is 18.4 Å². The van der Waals surface area contributed by atoms with Crippen molar-refractivity contribution in [3.63, 3.8) is 0 Å². The van der Waals surface area contributed by atoms with E-state index < -0.39 is 10.0 Å². The molecule has 0 fully saturated rings. The summed E-state index contributed by atoms with van der Waals surface area (Å²) >= 11 is 1.29. The summed E-state index contributed by atoms with van der Waals surface area (Å²) in [5, 5.41) is 0.815. The fourth-order valence-electron chi connectivity index (χ4n) is 4.63. The lowest BCUT2D eigenvalue weighted by atomic mass is 9.71. The van der Waals surface area contributed by atoms with Crippen LogP contribution in [-0.4, -0.2) is 24.2 Å². The average Bonchev–Trinajstić information content (AvgIpc) is 3.17. The first-order valence-corrected chi connectivity index (χ1v) is 14.1. The van der Waals surface area contributed by atoms with Crippen molar-refractivity contribution in [2.75, 3.05) is 10.5 Å². The minimum Gasteiger partial charge on any atom is -0.397 e. The smallest absolute Gasteiger partial charge is 0.263 e. The van der Waals surface area contributed by atoms with Gasteiger partial charge in [0.1, 0.15) is 15.5 Å². The van der Waals surface area contributed by atoms with Gasteiger partial charge >= 0.3 is 0 Å². The average molecular weight is 521 g/mol. The van der Waals surface area contributed by atoms with Gasteiger partial charge in [-0.1, -0.05) is 26.8 Å². The van der Waals surface area contributed by atoms with E-state index in [1.54, 1.807) is 18.2 Å². The van der Waals surface area contributed by atoms with Crippen LogP contribution in [0.5, 0.6) is 0 Å². The number of fused-ring (bicyclic) bond motifs is 2. The number of aromatic nitrogens is 2. The molecule has 3 heterocycles. The maximum atomic E-state index is 13.3. The van der Waals surface area contributed by atoms with E-state index in [0.717, 1.165) is 35.2 Å². The zero-order valence-corrected chi connectivity index (χ0v) is 22.0. The molecule has 4 aromatic rings. The highest BCUT2D eigenvalue weighted by atomic mass is 32.2. The van der Waals surface area contributed by atoms with E-state index in [0.29, 0.717) is 22.0 Å². The van der Waals surface area contributed by atoms with Gasteiger partial charge in [-0.3, -0.25) is 9.52 Å². The third kappa shape index (κ3) is 4.60. The van der Waals surface area contributed by atoms with Gasteiger partial charge in [-0.05, 0) is 78.6 Å². The van der Waals surface area contributed by atoms with Crippen LogP contribution >= 0.6 is 11.3 Å². The van der Waals surface area contributed by atoms with Crippen molar-refractivity contribution >= 4 is 48.9 Å². The van der Waals surface area contributed by atoms with E-state index in [-0.39, 0.29) is 21.9 Å². The quantitative estimate of drug-likeness (QED) is 0.338. The number of nitrogen functional groups attached to an aromatic ring is 1. The summed E-state index contributed by atoms with van der Waals surface area (Å²) in [6.45, 7) is 6.82. The maximum Gasteiger partial charge on any atom is 0.263 e. The van der Waals surface area contributed by atoms with Gasteiger partial charge in [-0.15, -0.1) is 11.3 Å². The first-order chi connectivity index (χ1) is 17.0. The van der Waals surface area contributed by atoms with Crippen molar-refractivity contribution < 1.29 is 13.2 Å². The molecule has 1 aliphatic rings. The summed E-state index contributed by atoms with van der Waals surface area (Å²) in [4.78, 5) is 23.4. The number of benzene rings is 1. The highest BCUT2D eigenvalue weighted by Gasteiger charge is 2.30. The number of nitrogens with one attached hydrogen (secondary N) is 1. The number of ketones is 1. The van der Waals surface area contributed by atoms with Gasteiger partial charge in [0.05, 0.1) is 10.6 Å². The Hall–Kier alpha value is -3.30. The molecule has 0 amide bonds. The Morgan fingerprint density at radius 1 is 1.14 bits per heavy atom. The van der Waals surface area contributed by atoms with Crippen molar-refractivity contribution in [1.82, 2.24) is 9.97 Å². The number of aryl methyl sites for hydroxylation is 1. The lowest BCUT2D eigenvalue weighted by molar-refractivity contribution is 0.104. The molecule has 3 N–H and O–H groups in total. The molecule has 5 rings (SSSR count). The Morgan fingerprint density at radius 3 is 2.56 bits per heavy atom. The Bertz CT molecular complexity index is 1550. The fraction of sp³-hybridized carbons (Fsp3) is 0.296. The molecule has 1 atom stereocenters. The van der Waals surface area contributed by atoms with E-state index in [9.17, 15) is 13.2 Å². The lowest BCUT2D eigenvalue weighted by Gasteiger charge is -2.34. The normalized spacial score (nSPS) is 16.0. The summed E-state index contributed by atoms with van der Waals surface area (Å²) in [5.41, 5.74) is 9.78. The molecule has 1 aromatic carbocycles. The molecule has 3 aromatic heterocycles. The topological polar surface area (TPSA) is 115 Å². The molecule has 1 unspecified atom stereocenters. The standard InChI is InChI=1S/C27H28N4O3S2/c1-27(2,3)18-9-12-21-17(14-18)15-20-23(28)25(35-26(20)30-21)24(32)16-7-10-19(11-8-16)36(33,34)31-22-6-4-5-13-29-22/h4-8,10-11,13,15,18H,9,12,14,28H2,1-3H3,(H,29,31). The molecule has 186 valence electrons. The van der Waals surface area contributed by atoms with Crippen LogP contribution in [0.15, 0.2) is 59.6 Å². The van der Waals surface area contributed by atoms with Gasteiger partial charge in [0.2, 0.25) is 5.78 Å². The van der Waals surface area contributed by atoms with Gasteiger partial charge < -0.3 is 5.73 Å². The van der Waals surface area contributed by atoms with E-state index in [4.69, 9.17) is 10.7 Å². The second-order valence-corrected chi connectivity index (χ2v) is 13.0. The summed E-state index contributed by atoms with van der Waals surface area (Å²) in [7, 11) is -3.83. The summed E-state index contributed by atoms with van der Waals surface area (Å²) in [5.74, 6) is 0.551. The third-order valence-electron chi connectivity index (χ3n) is 6.85. The maximum absolute atomic E-state index is 13.3. The number of nitrogens with zero attached hydrogens (tertiary/aromatic N) is 2. The van der Waals surface area contributed by atoms with Gasteiger partial charge in [0, 0.05) is 22.8 Å². The first-order valence-electron chi connectivity index (χ1n) is 11.8. The second-order valence-electron chi connectivity index (χ2n) is 10.3. The minimum atomic E-state index is -3.83. The van der Waals surface area contributed by atoms with Crippen LogP contribution in [0.3, 0.4) is 0 Å². The number of carbonyl (C=O) groups is 1. The molecule has 0 saturated heterocycles. The molecule has 7 nitrogen and oxygen atoms in total. The number of hydrogen-bond donors (Lipinski definition) is 2. The summed E-state index contributed by atoms with van der Waals surface area (Å²) < 4.78 is 27.8. The van der Waals surface area contributed by atoms with Gasteiger partial charge in [0.25, 0.3) is 10.0 Å². The number of nitrogens with two attached hydrogens (primary N) is 1. The highest BCUT2D eigenvalue weighted by molar-refractivity contribution is 7.92. The number of sulfonamides is 1. The molecule has 36 heavy (non-hydrogen) atoms. The van der Waals surface area contributed by atoms with Crippen LogP contribution in [0.25, 0.3) is 10.2 Å². The monoisotopic (exact) mass is 520 g/mol. The Kier molecular flexibility index (Phi) is 6.08. The van der Waals surface area contributed by atoms with E-state index >= 15 is 0 Å². The number of anilines is 2. The van der Waals surface area contributed by atoms with Crippen LogP contribution in [-0.2, 0) is 22.9 Å². The van der Waals surface area contributed by atoms with Crippen LogP contribution in [0.4, 0.5) is 11.5 Å². The Labute approximate surface area is 214 Å². The first kappa shape index (κ1) is 24.4. The number of thiophene rings is 1. The third-order valence-corrected chi connectivity index (χ3v) is 9.33. The van der Waals surface area contributed by atoms with Crippen LogP contribution in [0, 0.1) is 11.3 Å². The molecular weight excluding hydrogens is 492 g/mol. The zero-order chi connectivity index (χ0) is 25.7. The minimum absolute atomic E-state index is 0.0387. The lowest BCUT2D eigenvalue weighted by Crippen LogP contribution is -2.27. The predicted molar refractivity (Wildman–Crippen MR) is 144 cm³/mol.